The van der Waals surface area contributed by atoms with Crippen LogP contribution < -0.4 is 10.6 Å². The highest BCUT2D eigenvalue weighted by Gasteiger charge is 2.25. The van der Waals surface area contributed by atoms with Crippen LogP contribution >= 0.6 is 11.6 Å². The highest BCUT2D eigenvalue weighted by atomic mass is 35.5. The Balaban J connectivity index is 1.55. The Hall–Kier alpha value is -3.05. The first-order chi connectivity index (χ1) is 15.5. The minimum atomic E-state index is -0.145. The molecular formula is C26H26ClN3O2. The Morgan fingerprint density at radius 3 is 2.84 bits per heavy atom. The Morgan fingerprint density at radius 2 is 2.06 bits per heavy atom. The second kappa shape index (κ2) is 8.47. The molecule has 0 unspecified atom stereocenters. The molecule has 5 rings (SSSR count). The number of aromatic nitrogens is 1. The van der Waals surface area contributed by atoms with E-state index in [9.17, 15) is 9.59 Å². The van der Waals surface area contributed by atoms with Gasteiger partial charge in [-0.25, -0.2) is 0 Å². The summed E-state index contributed by atoms with van der Waals surface area (Å²) in [7, 11) is 0. The number of rotatable bonds is 5. The molecule has 2 N–H and O–H groups in total. The van der Waals surface area contributed by atoms with E-state index in [0.29, 0.717) is 16.6 Å². The molecule has 3 aromatic rings. The van der Waals surface area contributed by atoms with E-state index in [1.54, 1.807) is 12.1 Å². The summed E-state index contributed by atoms with van der Waals surface area (Å²) in [6.45, 7) is 2.39. The number of benzene rings is 2. The summed E-state index contributed by atoms with van der Waals surface area (Å²) >= 11 is 6.09. The normalized spacial score (nSPS) is 17.2. The lowest BCUT2D eigenvalue weighted by atomic mass is 10.0. The number of para-hydroxylation sites is 1. The molecule has 0 spiro atoms. The third-order valence-electron chi connectivity index (χ3n) is 6.49. The summed E-state index contributed by atoms with van der Waals surface area (Å²) < 4.78 is 2.03. The molecule has 1 saturated carbocycles. The number of amides is 2. The van der Waals surface area contributed by atoms with E-state index in [4.69, 9.17) is 11.6 Å². The van der Waals surface area contributed by atoms with Gasteiger partial charge in [0.1, 0.15) is 6.54 Å². The number of fused-ring (bicyclic) bond motifs is 2. The molecule has 1 aliphatic heterocycles. The van der Waals surface area contributed by atoms with E-state index < -0.39 is 0 Å². The van der Waals surface area contributed by atoms with E-state index in [1.165, 1.54) is 18.4 Å². The molecule has 5 nitrogen and oxygen atoms in total. The molecule has 0 saturated heterocycles. The second-order valence-electron chi connectivity index (χ2n) is 8.63. The van der Waals surface area contributed by atoms with Crippen molar-refractivity contribution in [2.75, 3.05) is 5.32 Å². The van der Waals surface area contributed by atoms with Crippen molar-refractivity contribution in [1.29, 1.82) is 0 Å². The SMILES string of the molecule is CCc1cccc2c(/C=C3/C(=O)Nc4cc(Cl)ccc43)cn(CC(=O)NC3CCCC3)c12. The smallest absolute Gasteiger partial charge is 0.256 e. The van der Waals surface area contributed by atoms with Gasteiger partial charge in [0.25, 0.3) is 5.91 Å². The Bertz CT molecular complexity index is 1250. The van der Waals surface area contributed by atoms with Gasteiger partial charge in [0.15, 0.2) is 0 Å². The lowest BCUT2D eigenvalue weighted by Gasteiger charge is -2.13. The Kier molecular flexibility index (Phi) is 5.51. The Morgan fingerprint density at radius 1 is 1.25 bits per heavy atom. The zero-order chi connectivity index (χ0) is 22.2. The fourth-order valence-electron chi connectivity index (χ4n) is 4.95. The predicted molar refractivity (Wildman–Crippen MR) is 130 cm³/mol. The summed E-state index contributed by atoms with van der Waals surface area (Å²) in [5.41, 5.74) is 5.33. The summed E-state index contributed by atoms with van der Waals surface area (Å²) in [4.78, 5) is 25.5. The summed E-state index contributed by atoms with van der Waals surface area (Å²) in [5, 5.41) is 7.71. The van der Waals surface area contributed by atoms with Crippen molar-refractivity contribution in [3.05, 3.63) is 64.3 Å². The Labute approximate surface area is 192 Å². The molecule has 1 fully saturated rings. The number of aryl methyl sites for hydroxylation is 1. The lowest BCUT2D eigenvalue weighted by molar-refractivity contribution is -0.122. The van der Waals surface area contributed by atoms with Crippen molar-refractivity contribution in [2.45, 2.75) is 51.6 Å². The fourth-order valence-corrected chi connectivity index (χ4v) is 5.13. The number of carbonyl (C=O) groups excluding carboxylic acids is 2. The van der Waals surface area contributed by atoms with Crippen LogP contribution in [0.1, 0.15) is 49.3 Å². The van der Waals surface area contributed by atoms with Crippen molar-refractivity contribution < 1.29 is 9.59 Å². The zero-order valence-electron chi connectivity index (χ0n) is 18.1. The molecule has 2 aromatic carbocycles. The van der Waals surface area contributed by atoms with Crippen molar-refractivity contribution in [3.8, 4) is 0 Å². The van der Waals surface area contributed by atoms with E-state index in [2.05, 4.69) is 29.7 Å². The maximum Gasteiger partial charge on any atom is 0.256 e. The summed E-state index contributed by atoms with van der Waals surface area (Å²) in [6, 6.07) is 11.9. The first-order valence-corrected chi connectivity index (χ1v) is 11.6. The summed E-state index contributed by atoms with van der Waals surface area (Å²) in [5.74, 6) is -0.105. The molecule has 1 aliphatic carbocycles. The average molecular weight is 448 g/mol. The maximum atomic E-state index is 12.8. The van der Waals surface area contributed by atoms with Crippen LogP contribution in [0.2, 0.25) is 5.02 Å². The van der Waals surface area contributed by atoms with Crippen molar-refractivity contribution in [1.82, 2.24) is 9.88 Å². The third-order valence-corrected chi connectivity index (χ3v) is 6.73. The van der Waals surface area contributed by atoms with Gasteiger partial charge in [-0.1, -0.05) is 55.6 Å². The van der Waals surface area contributed by atoms with E-state index in [1.807, 2.05) is 29.0 Å². The highest BCUT2D eigenvalue weighted by Crippen LogP contribution is 2.36. The number of hydrogen-bond donors (Lipinski definition) is 2. The van der Waals surface area contributed by atoms with E-state index in [-0.39, 0.29) is 18.4 Å². The van der Waals surface area contributed by atoms with Crippen LogP contribution in [0.3, 0.4) is 0 Å². The first-order valence-electron chi connectivity index (χ1n) is 11.3. The van der Waals surface area contributed by atoms with Crippen LogP contribution in [0.4, 0.5) is 5.69 Å². The van der Waals surface area contributed by atoms with Crippen molar-refractivity contribution in [2.24, 2.45) is 0 Å². The standard InChI is InChI=1S/C26H26ClN3O2/c1-2-16-6-5-9-20-17(12-22-21-11-10-18(27)13-23(21)29-26(22)32)14-30(25(16)20)15-24(31)28-19-7-3-4-8-19/h5-6,9-14,19H,2-4,7-8,15H2,1H3,(H,28,31)(H,29,32)/b22-12+. The largest absolute Gasteiger partial charge is 0.352 e. The third kappa shape index (κ3) is 3.82. The number of carbonyl (C=O) groups is 2. The topological polar surface area (TPSA) is 63.1 Å². The second-order valence-corrected chi connectivity index (χ2v) is 9.07. The highest BCUT2D eigenvalue weighted by molar-refractivity contribution is 6.37. The van der Waals surface area contributed by atoms with Gasteiger partial charge in [-0.15, -0.1) is 0 Å². The van der Waals surface area contributed by atoms with Crippen LogP contribution in [-0.4, -0.2) is 22.4 Å². The van der Waals surface area contributed by atoms with Crippen molar-refractivity contribution in [3.63, 3.8) is 0 Å². The lowest BCUT2D eigenvalue weighted by Crippen LogP contribution is -2.35. The van der Waals surface area contributed by atoms with Gasteiger partial charge in [-0.2, -0.15) is 0 Å². The molecule has 164 valence electrons. The van der Waals surface area contributed by atoms with Gasteiger partial charge in [0.2, 0.25) is 5.91 Å². The van der Waals surface area contributed by atoms with Crippen molar-refractivity contribution >= 4 is 51.7 Å². The molecule has 0 radical (unpaired) electrons. The fraction of sp³-hybridized carbons (Fsp3) is 0.308. The molecule has 1 aromatic heterocycles. The zero-order valence-corrected chi connectivity index (χ0v) is 18.8. The minimum absolute atomic E-state index is 0.0394. The van der Waals surface area contributed by atoms with Gasteiger partial charge < -0.3 is 15.2 Å². The number of halogens is 1. The molecule has 0 bridgehead atoms. The molecular weight excluding hydrogens is 422 g/mol. The molecule has 2 amide bonds. The van der Waals surface area contributed by atoms with Crippen LogP contribution in [0, 0.1) is 0 Å². The van der Waals surface area contributed by atoms with Crippen LogP contribution in [0.5, 0.6) is 0 Å². The van der Waals surface area contributed by atoms with Gasteiger partial charge >= 0.3 is 0 Å². The van der Waals surface area contributed by atoms with Crippen LogP contribution in [0.25, 0.3) is 22.6 Å². The average Bonchev–Trinajstić information content (AvgIpc) is 3.47. The number of nitrogens with zero attached hydrogens (tertiary/aromatic N) is 1. The van der Waals surface area contributed by atoms with Gasteiger partial charge in [-0.05, 0) is 43.0 Å². The van der Waals surface area contributed by atoms with Crippen LogP contribution in [-0.2, 0) is 22.6 Å². The van der Waals surface area contributed by atoms with Gasteiger partial charge in [0, 0.05) is 39.3 Å². The van der Waals surface area contributed by atoms with Gasteiger partial charge in [-0.3, -0.25) is 9.59 Å². The monoisotopic (exact) mass is 447 g/mol. The van der Waals surface area contributed by atoms with Gasteiger partial charge in [0.05, 0.1) is 11.2 Å². The predicted octanol–water partition coefficient (Wildman–Crippen LogP) is 5.41. The molecule has 2 heterocycles. The number of hydrogen-bond acceptors (Lipinski definition) is 2. The van der Waals surface area contributed by atoms with E-state index >= 15 is 0 Å². The maximum absolute atomic E-state index is 12.8. The number of anilines is 1. The van der Waals surface area contributed by atoms with E-state index in [0.717, 1.165) is 47.0 Å². The quantitative estimate of drug-likeness (QED) is 0.514. The summed E-state index contributed by atoms with van der Waals surface area (Å²) in [6.07, 6.45) is 9.27. The molecule has 2 aliphatic rings. The van der Waals surface area contributed by atoms with Crippen LogP contribution in [0.15, 0.2) is 42.6 Å². The minimum Gasteiger partial charge on any atom is -0.352 e. The molecule has 0 atom stereocenters. The number of nitrogens with one attached hydrogen (secondary N) is 2. The molecule has 32 heavy (non-hydrogen) atoms. The first kappa shape index (κ1) is 20.8. The molecule has 6 heteroatoms.